The summed E-state index contributed by atoms with van der Waals surface area (Å²) in [5.74, 6) is -0.604. The molecule has 7 heteroatoms. The van der Waals surface area contributed by atoms with Crippen LogP contribution in [0.5, 0.6) is 0 Å². The summed E-state index contributed by atoms with van der Waals surface area (Å²) in [5.41, 5.74) is 8.11. The maximum atomic E-state index is 12.8. The molecule has 1 aliphatic rings. The van der Waals surface area contributed by atoms with E-state index in [2.05, 4.69) is 17.1 Å². The Balaban J connectivity index is 0.00000240. The molecule has 2 heterocycles. The predicted molar refractivity (Wildman–Crippen MR) is 121 cm³/mol. The molecule has 3 aromatic rings. The first-order chi connectivity index (χ1) is 13.6. The monoisotopic (exact) mass is 429 g/mol. The fourth-order valence-electron chi connectivity index (χ4n) is 3.87. The number of fused-ring (bicyclic) bond motifs is 2. The van der Waals surface area contributed by atoms with Crippen molar-refractivity contribution in [1.82, 2.24) is 4.90 Å². The van der Waals surface area contributed by atoms with Gasteiger partial charge in [0.1, 0.15) is 5.00 Å². The minimum Gasteiger partial charge on any atom is -0.365 e. The van der Waals surface area contributed by atoms with Crippen LogP contribution in [0.25, 0.3) is 10.8 Å². The summed E-state index contributed by atoms with van der Waals surface area (Å²) in [6, 6.07) is 14.0. The first kappa shape index (κ1) is 21.3. The molecule has 2 aromatic carbocycles. The summed E-state index contributed by atoms with van der Waals surface area (Å²) >= 11 is 1.48. The molecule has 0 atom stereocenters. The van der Waals surface area contributed by atoms with Crippen molar-refractivity contribution in [2.45, 2.75) is 26.3 Å². The number of nitrogens with zero attached hydrogens (tertiary/aromatic N) is 1. The lowest BCUT2D eigenvalue weighted by Crippen LogP contribution is -2.30. The number of amides is 2. The van der Waals surface area contributed by atoms with Crippen molar-refractivity contribution in [2.75, 3.05) is 18.4 Å². The van der Waals surface area contributed by atoms with Crippen molar-refractivity contribution in [2.24, 2.45) is 5.73 Å². The Morgan fingerprint density at radius 3 is 2.69 bits per heavy atom. The molecule has 152 valence electrons. The van der Waals surface area contributed by atoms with Crippen LogP contribution in [0, 0.1) is 0 Å². The number of anilines is 1. The van der Waals surface area contributed by atoms with Crippen molar-refractivity contribution in [3.05, 3.63) is 64.0 Å². The molecule has 0 unspecified atom stereocenters. The molecule has 0 aliphatic carbocycles. The Morgan fingerprint density at radius 2 is 1.93 bits per heavy atom. The molecule has 4 rings (SSSR count). The maximum Gasteiger partial charge on any atom is 0.251 e. The number of halogens is 1. The standard InChI is InChI=1S/C22H23N3O2S.ClH/c1-2-25-11-10-17-18(13-25)28-22(20(17)21(23)27)24-19(26)12-15-8-5-7-14-6-3-4-9-16(14)15;/h3-9H,2,10-13H2,1H3,(H2,23,27)(H,24,26);1H. The summed E-state index contributed by atoms with van der Waals surface area (Å²) in [5, 5.41) is 5.72. The van der Waals surface area contributed by atoms with Crippen LogP contribution in [0.1, 0.15) is 33.3 Å². The van der Waals surface area contributed by atoms with Crippen molar-refractivity contribution < 1.29 is 9.59 Å². The summed E-state index contributed by atoms with van der Waals surface area (Å²) < 4.78 is 0. The van der Waals surface area contributed by atoms with Gasteiger partial charge in [0, 0.05) is 18.0 Å². The minimum absolute atomic E-state index is 0. The van der Waals surface area contributed by atoms with E-state index in [9.17, 15) is 9.59 Å². The summed E-state index contributed by atoms with van der Waals surface area (Å²) in [6.45, 7) is 4.80. The van der Waals surface area contributed by atoms with E-state index in [1.807, 2.05) is 42.5 Å². The second-order valence-corrected chi connectivity index (χ2v) is 8.16. The molecule has 0 spiro atoms. The van der Waals surface area contributed by atoms with Crippen LogP contribution >= 0.6 is 23.7 Å². The molecule has 5 nitrogen and oxygen atoms in total. The Bertz CT molecular complexity index is 1060. The third-order valence-electron chi connectivity index (χ3n) is 5.31. The number of thiophene rings is 1. The maximum absolute atomic E-state index is 12.8. The van der Waals surface area contributed by atoms with Crippen molar-refractivity contribution in [3.8, 4) is 0 Å². The van der Waals surface area contributed by atoms with Gasteiger partial charge in [-0.3, -0.25) is 14.5 Å². The Hall–Kier alpha value is -2.41. The number of nitrogens with one attached hydrogen (secondary N) is 1. The van der Waals surface area contributed by atoms with Gasteiger partial charge in [-0.25, -0.2) is 0 Å². The lowest BCUT2D eigenvalue weighted by atomic mass is 10.0. The van der Waals surface area contributed by atoms with Gasteiger partial charge in [0.25, 0.3) is 5.91 Å². The number of hydrogen-bond donors (Lipinski definition) is 2. The summed E-state index contributed by atoms with van der Waals surface area (Å²) in [4.78, 5) is 28.3. The lowest BCUT2D eigenvalue weighted by Gasteiger charge is -2.25. The van der Waals surface area contributed by atoms with E-state index in [1.54, 1.807) is 0 Å². The van der Waals surface area contributed by atoms with Gasteiger partial charge < -0.3 is 11.1 Å². The van der Waals surface area contributed by atoms with E-state index in [-0.39, 0.29) is 24.7 Å². The molecule has 0 fully saturated rings. The number of primary amides is 1. The van der Waals surface area contributed by atoms with Crippen LogP contribution in [0.15, 0.2) is 42.5 Å². The zero-order chi connectivity index (χ0) is 19.7. The van der Waals surface area contributed by atoms with E-state index in [4.69, 9.17) is 5.73 Å². The molecule has 0 saturated carbocycles. The van der Waals surface area contributed by atoms with Crippen LogP contribution in [0.3, 0.4) is 0 Å². The highest BCUT2D eigenvalue weighted by Gasteiger charge is 2.27. The van der Waals surface area contributed by atoms with E-state index >= 15 is 0 Å². The number of rotatable bonds is 5. The quantitative estimate of drug-likeness (QED) is 0.644. The molecule has 0 bridgehead atoms. The Kier molecular flexibility index (Phi) is 6.57. The topological polar surface area (TPSA) is 75.4 Å². The smallest absolute Gasteiger partial charge is 0.251 e. The molecule has 0 radical (unpaired) electrons. The Labute approximate surface area is 180 Å². The van der Waals surface area contributed by atoms with Gasteiger partial charge in [0.2, 0.25) is 5.91 Å². The van der Waals surface area contributed by atoms with Crippen molar-refractivity contribution >= 4 is 51.3 Å². The van der Waals surface area contributed by atoms with Crippen LogP contribution in [-0.2, 0) is 24.2 Å². The van der Waals surface area contributed by atoms with Gasteiger partial charge in [-0.05, 0) is 34.9 Å². The number of carbonyl (C=O) groups excluding carboxylic acids is 2. The molecule has 0 saturated heterocycles. The summed E-state index contributed by atoms with van der Waals surface area (Å²) in [6.07, 6.45) is 1.04. The van der Waals surface area contributed by atoms with Crippen molar-refractivity contribution in [1.29, 1.82) is 0 Å². The first-order valence-corrected chi connectivity index (χ1v) is 10.3. The fourth-order valence-corrected chi connectivity index (χ4v) is 5.18. The highest BCUT2D eigenvalue weighted by atomic mass is 35.5. The number of hydrogen-bond acceptors (Lipinski definition) is 4. The second-order valence-electron chi connectivity index (χ2n) is 7.05. The number of benzene rings is 2. The van der Waals surface area contributed by atoms with E-state index in [1.165, 1.54) is 11.3 Å². The molecule has 1 aliphatic heterocycles. The molecule has 29 heavy (non-hydrogen) atoms. The molecular formula is C22H24ClN3O2S. The van der Waals surface area contributed by atoms with Gasteiger partial charge in [-0.15, -0.1) is 23.7 Å². The third-order valence-corrected chi connectivity index (χ3v) is 6.45. The van der Waals surface area contributed by atoms with Gasteiger partial charge in [-0.2, -0.15) is 0 Å². The third kappa shape index (κ3) is 4.29. The molecule has 2 amide bonds. The predicted octanol–water partition coefficient (Wildman–Crippen LogP) is 3.98. The average molecular weight is 430 g/mol. The highest BCUT2D eigenvalue weighted by molar-refractivity contribution is 7.17. The van der Waals surface area contributed by atoms with Crippen LogP contribution in [0.2, 0.25) is 0 Å². The fraction of sp³-hybridized carbons (Fsp3) is 0.273. The van der Waals surface area contributed by atoms with E-state index in [0.717, 1.165) is 52.8 Å². The largest absolute Gasteiger partial charge is 0.365 e. The second kappa shape index (κ2) is 8.95. The summed E-state index contributed by atoms with van der Waals surface area (Å²) in [7, 11) is 0. The van der Waals surface area contributed by atoms with Crippen LogP contribution in [-0.4, -0.2) is 29.8 Å². The molecule has 3 N–H and O–H groups in total. The number of carbonyl (C=O) groups is 2. The normalized spacial score (nSPS) is 13.6. The SMILES string of the molecule is CCN1CCc2c(sc(NC(=O)Cc3cccc4ccccc34)c2C(N)=O)C1.Cl. The Morgan fingerprint density at radius 1 is 1.17 bits per heavy atom. The van der Waals surface area contributed by atoms with Gasteiger partial charge in [0.15, 0.2) is 0 Å². The lowest BCUT2D eigenvalue weighted by molar-refractivity contribution is -0.115. The van der Waals surface area contributed by atoms with Crippen molar-refractivity contribution in [3.63, 3.8) is 0 Å². The molecule has 1 aromatic heterocycles. The first-order valence-electron chi connectivity index (χ1n) is 9.50. The molecular weight excluding hydrogens is 406 g/mol. The van der Waals surface area contributed by atoms with Crippen LogP contribution < -0.4 is 11.1 Å². The zero-order valence-corrected chi connectivity index (χ0v) is 17.9. The average Bonchev–Trinajstić information content (AvgIpc) is 3.05. The van der Waals surface area contributed by atoms with E-state index in [0.29, 0.717) is 10.6 Å². The highest BCUT2D eigenvalue weighted by Crippen LogP contribution is 2.37. The zero-order valence-electron chi connectivity index (χ0n) is 16.2. The van der Waals surface area contributed by atoms with Crippen LogP contribution in [0.4, 0.5) is 5.00 Å². The van der Waals surface area contributed by atoms with Gasteiger partial charge in [0.05, 0.1) is 12.0 Å². The van der Waals surface area contributed by atoms with Gasteiger partial charge in [-0.1, -0.05) is 49.4 Å². The van der Waals surface area contributed by atoms with E-state index < -0.39 is 5.91 Å². The van der Waals surface area contributed by atoms with Gasteiger partial charge >= 0.3 is 0 Å². The minimum atomic E-state index is -0.470. The number of likely N-dealkylation sites (N-methyl/N-ethyl adjacent to an activating group) is 1. The number of nitrogens with two attached hydrogens (primary N) is 1.